The zero-order valence-corrected chi connectivity index (χ0v) is 16.7. The van der Waals surface area contributed by atoms with E-state index < -0.39 is 0 Å². The summed E-state index contributed by atoms with van der Waals surface area (Å²) >= 11 is 0. The molecule has 3 aliphatic heterocycles. The Labute approximate surface area is 170 Å². The quantitative estimate of drug-likeness (QED) is 0.578. The molecule has 3 saturated heterocycles. The molecule has 0 amide bonds. The molecule has 154 valence electrons. The van der Waals surface area contributed by atoms with Gasteiger partial charge in [0, 0.05) is 61.0 Å². The first-order chi connectivity index (χ1) is 14.2. The highest BCUT2D eigenvalue weighted by Gasteiger charge is 2.45. The van der Waals surface area contributed by atoms with Crippen LogP contribution in [-0.4, -0.2) is 66.1 Å². The Morgan fingerprint density at radius 1 is 1.24 bits per heavy atom. The van der Waals surface area contributed by atoms with Crippen LogP contribution < -0.4 is 16.4 Å². The first-order valence-corrected chi connectivity index (χ1v) is 10.2. The molecule has 5 heterocycles. The molecule has 0 spiro atoms. The Balaban J connectivity index is 1.45. The number of fused-ring (bicyclic) bond motifs is 3. The normalized spacial score (nSPS) is 26.2. The van der Waals surface area contributed by atoms with Gasteiger partial charge in [0.05, 0.1) is 37.6 Å². The average Bonchev–Trinajstić information content (AvgIpc) is 3.22. The van der Waals surface area contributed by atoms with Crippen molar-refractivity contribution >= 4 is 16.8 Å². The first kappa shape index (κ1) is 18.3. The fraction of sp³-hybridized carbons (Fsp3) is 0.476. The largest absolute Gasteiger partial charge is 0.483 e. The van der Waals surface area contributed by atoms with Gasteiger partial charge in [-0.3, -0.25) is 4.90 Å². The van der Waals surface area contributed by atoms with Gasteiger partial charge in [0.25, 0.3) is 0 Å². The molecule has 3 aliphatic rings. The summed E-state index contributed by atoms with van der Waals surface area (Å²) in [5.74, 6) is 0.317. The number of nitrogens with two attached hydrogens (primary N) is 2. The molecule has 0 saturated carbocycles. The number of ether oxygens (including phenoxy) is 2. The number of anilines is 1. The van der Waals surface area contributed by atoms with Crippen LogP contribution in [0, 0.1) is 0 Å². The maximum Gasteiger partial charge on any atom is 0.184 e. The number of hydrogen-bond donors (Lipinski definition) is 2. The van der Waals surface area contributed by atoms with E-state index in [1.165, 1.54) is 18.5 Å². The van der Waals surface area contributed by atoms with Gasteiger partial charge in [0.1, 0.15) is 0 Å². The second-order valence-corrected chi connectivity index (χ2v) is 8.08. The summed E-state index contributed by atoms with van der Waals surface area (Å²) in [5.41, 5.74) is 15.7. The van der Waals surface area contributed by atoms with Gasteiger partial charge in [0.15, 0.2) is 5.88 Å². The van der Waals surface area contributed by atoms with E-state index in [0.29, 0.717) is 24.0 Å². The monoisotopic (exact) mass is 396 g/mol. The summed E-state index contributed by atoms with van der Waals surface area (Å²) in [6.45, 7) is 3.87. The summed E-state index contributed by atoms with van der Waals surface area (Å²) in [6.07, 6.45) is 9.66. The highest BCUT2D eigenvalue weighted by molar-refractivity contribution is 5.82. The lowest BCUT2D eigenvalue weighted by atomic mass is 10.1. The molecule has 0 aromatic carbocycles. The number of hydrogen-bond acceptors (Lipinski definition) is 7. The summed E-state index contributed by atoms with van der Waals surface area (Å²) in [4.78, 5) is 5.24. The predicted octanol–water partition coefficient (Wildman–Crippen LogP) is 1.13. The Bertz CT molecular complexity index is 949. The first-order valence-electron chi connectivity index (χ1n) is 10.2. The predicted molar refractivity (Wildman–Crippen MR) is 112 cm³/mol. The molecule has 8 heteroatoms. The lowest BCUT2D eigenvalue weighted by Crippen LogP contribution is -2.62. The third-order valence-electron chi connectivity index (χ3n) is 6.45. The van der Waals surface area contributed by atoms with Crippen LogP contribution in [0.2, 0.25) is 0 Å². The number of nitrogens with zero attached hydrogens (tertiary/aromatic N) is 4. The van der Waals surface area contributed by atoms with Gasteiger partial charge in [-0.25, -0.2) is 4.52 Å². The van der Waals surface area contributed by atoms with E-state index in [0.717, 1.165) is 43.0 Å². The van der Waals surface area contributed by atoms with Crippen molar-refractivity contribution in [2.45, 2.75) is 31.0 Å². The molecule has 5 rings (SSSR count). The Morgan fingerprint density at radius 3 is 2.62 bits per heavy atom. The van der Waals surface area contributed by atoms with Crippen molar-refractivity contribution < 1.29 is 9.47 Å². The Hall–Kier alpha value is -2.71. The van der Waals surface area contributed by atoms with Gasteiger partial charge in [-0.15, -0.1) is 0 Å². The average molecular weight is 396 g/mol. The van der Waals surface area contributed by atoms with Gasteiger partial charge in [-0.1, -0.05) is 0 Å². The van der Waals surface area contributed by atoms with E-state index in [2.05, 4.69) is 27.0 Å². The van der Waals surface area contributed by atoms with Crippen LogP contribution in [0.15, 0.2) is 42.7 Å². The molecule has 0 radical (unpaired) electrons. The number of methoxy groups -OCH3 is 1. The van der Waals surface area contributed by atoms with Crippen LogP contribution in [0.25, 0.3) is 11.1 Å². The molecular weight excluding hydrogens is 368 g/mol. The van der Waals surface area contributed by atoms with Crippen molar-refractivity contribution in [3.63, 3.8) is 0 Å². The van der Waals surface area contributed by atoms with Crippen molar-refractivity contribution in [2.75, 3.05) is 38.3 Å². The third kappa shape index (κ3) is 3.12. The molecule has 2 aromatic rings. The molecule has 2 aromatic heterocycles. The van der Waals surface area contributed by atoms with Crippen LogP contribution in [0.5, 0.6) is 0 Å². The highest BCUT2D eigenvalue weighted by Crippen LogP contribution is 2.37. The number of piperazine rings is 1. The van der Waals surface area contributed by atoms with Gasteiger partial charge in [-0.2, -0.15) is 5.10 Å². The van der Waals surface area contributed by atoms with Crippen molar-refractivity contribution in [1.29, 1.82) is 0 Å². The van der Waals surface area contributed by atoms with Crippen molar-refractivity contribution in [3.05, 3.63) is 48.2 Å². The highest BCUT2D eigenvalue weighted by atomic mass is 16.5. The standard InChI is InChI=1S/C21H28N6O2/c1-28-21(23)7-14(8-22)15-6-20-19(4-5-24-26(20)9-15)25-10-16-2-3-17(11-25)27(16)18-12-29-13-18/h4-9,16-18H,2-3,10-13,22-23H2,1H3/b14-8+,21-7+. The Morgan fingerprint density at radius 2 is 2.00 bits per heavy atom. The van der Waals surface area contributed by atoms with E-state index >= 15 is 0 Å². The fourth-order valence-corrected chi connectivity index (χ4v) is 4.99. The number of allylic oxidation sites excluding steroid dienone is 2. The fourth-order valence-electron chi connectivity index (χ4n) is 4.99. The van der Waals surface area contributed by atoms with Crippen LogP contribution in [0.3, 0.4) is 0 Å². The van der Waals surface area contributed by atoms with Gasteiger partial charge in [0.2, 0.25) is 0 Å². The topological polar surface area (TPSA) is 94.3 Å². The van der Waals surface area contributed by atoms with Gasteiger partial charge >= 0.3 is 0 Å². The second-order valence-electron chi connectivity index (χ2n) is 8.08. The smallest absolute Gasteiger partial charge is 0.184 e. The summed E-state index contributed by atoms with van der Waals surface area (Å²) in [6, 6.07) is 6.06. The van der Waals surface area contributed by atoms with Crippen LogP contribution in [0.4, 0.5) is 5.69 Å². The maximum absolute atomic E-state index is 5.84. The molecule has 2 atom stereocenters. The zero-order valence-electron chi connectivity index (χ0n) is 16.7. The van der Waals surface area contributed by atoms with E-state index in [1.807, 2.05) is 16.9 Å². The minimum absolute atomic E-state index is 0.317. The van der Waals surface area contributed by atoms with Gasteiger partial charge in [-0.05, 0) is 25.0 Å². The minimum Gasteiger partial charge on any atom is -0.483 e. The van der Waals surface area contributed by atoms with Crippen molar-refractivity contribution in [3.8, 4) is 0 Å². The molecule has 2 unspecified atom stereocenters. The SMILES string of the molecule is CO/C(N)=C/C(=C\N)c1cc2c(N3CC4CCC(C3)N4C3COC3)ccnn2c1. The molecule has 29 heavy (non-hydrogen) atoms. The molecule has 4 N–H and O–H groups in total. The molecule has 3 fully saturated rings. The molecule has 8 nitrogen and oxygen atoms in total. The van der Waals surface area contributed by atoms with E-state index in [4.69, 9.17) is 20.9 Å². The van der Waals surface area contributed by atoms with Gasteiger partial charge < -0.3 is 25.8 Å². The van der Waals surface area contributed by atoms with Crippen LogP contribution >= 0.6 is 0 Å². The van der Waals surface area contributed by atoms with E-state index in [-0.39, 0.29) is 0 Å². The third-order valence-corrected chi connectivity index (χ3v) is 6.45. The second kappa shape index (κ2) is 7.27. The summed E-state index contributed by atoms with van der Waals surface area (Å²) in [5, 5.41) is 4.50. The summed E-state index contributed by atoms with van der Waals surface area (Å²) in [7, 11) is 1.54. The molecular formula is C21H28N6O2. The summed E-state index contributed by atoms with van der Waals surface area (Å²) < 4.78 is 12.4. The molecule has 0 aliphatic carbocycles. The molecule has 2 bridgehead atoms. The lowest BCUT2D eigenvalue weighted by molar-refractivity contribution is -0.0850. The van der Waals surface area contributed by atoms with E-state index in [1.54, 1.807) is 19.4 Å². The van der Waals surface area contributed by atoms with Crippen LogP contribution in [0.1, 0.15) is 18.4 Å². The van der Waals surface area contributed by atoms with Crippen molar-refractivity contribution in [1.82, 2.24) is 14.5 Å². The number of aromatic nitrogens is 2. The Kier molecular flexibility index (Phi) is 4.60. The van der Waals surface area contributed by atoms with Crippen LogP contribution in [-0.2, 0) is 9.47 Å². The van der Waals surface area contributed by atoms with Crippen molar-refractivity contribution in [2.24, 2.45) is 11.5 Å². The lowest BCUT2D eigenvalue weighted by Gasteiger charge is -2.48. The van der Waals surface area contributed by atoms with E-state index in [9.17, 15) is 0 Å². The zero-order chi connectivity index (χ0) is 20.0. The maximum atomic E-state index is 5.84. The number of rotatable bonds is 5. The minimum atomic E-state index is 0.317.